The topological polar surface area (TPSA) is 12.4 Å². The minimum atomic E-state index is 0. The first-order valence-corrected chi connectivity index (χ1v) is 7.70. The number of hydrogen-bond acceptors (Lipinski definition) is 1. The van der Waals surface area contributed by atoms with Crippen LogP contribution in [0.1, 0.15) is 11.1 Å². The summed E-state index contributed by atoms with van der Waals surface area (Å²) in [5.74, 6) is 0. The molecule has 1 nitrogen and oxygen atoms in total. The first-order chi connectivity index (χ1) is 11.4. The van der Waals surface area contributed by atoms with Crippen molar-refractivity contribution in [3.8, 4) is 0 Å². The van der Waals surface area contributed by atoms with Gasteiger partial charge in [0.15, 0.2) is 0 Å². The summed E-state index contributed by atoms with van der Waals surface area (Å²) in [5, 5.41) is 0. The fourth-order valence-electron chi connectivity index (χ4n) is 1.89. The number of hydrogen-bond donors (Lipinski definition) is 0. The summed E-state index contributed by atoms with van der Waals surface area (Å²) in [6, 6.07) is 36.4. The second-order valence-electron chi connectivity index (χ2n) is 4.91. The van der Waals surface area contributed by atoms with Crippen molar-refractivity contribution in [3.63, 3.8) is 0 Å². The van der Waals surface area contributed by atoms with Gasteiger partial charge in [-0.3, -0.25) is 0 Å². The van der Waals surface area contributed by atoms with Gasteiger partial charge in [-0.1, -0.05) is 0 Å². The summed E-state index contributed by atoms with van der Waals surface area (Å²) in [7, 11) is 0. The van der Waals surface area contributed by atoms with Crippen LogP contribution in [0.5, 0.6) is 0 Å². The molecular weight excluding hydrogens is 390 g/mol. The van der Waals surface area contributed by atoms with Crippen molar-refractivity contribution in [1.82, 2.24) is 0 Å². The van der Waals surface area contributed by atoms with Crippen LogP contribution >= 0.6 is 0 Å². The maximum Gasteiger partial charge on any atom is 2.00 e. The molecule has 0 bridgehead atoms. The molecule has 3 heteroatoms. The summed E-state index contributed by atoms with van der Waals surface area (Å²) in [4.78, 5) is 4.33. The molecule has 0 radical (unpaired) electrons. The summed E-state index contributed by atoms with van der Waals surface area (Å²) < 4.78 is 0. The molecular formula is C22H21Fe2N. The molecule has 0 heterocycles. The SMILES string of the molecule is C(=NC[c-]1cccc1)[c-]1cccc1.[Fe+2].[Fe+2].c1cc[cH-]c1.c1cc[cH-]c1. The van der Waals surface area contributed by atoms with Crippen molar-refractivity contribution in [2.24, 2.45) is 4.99 Å². The van der Waals surface area contributed by atoms with Gasteiger partial charge in [-0.25, -0.2) is 48.5 Å². The molecule has 4 aromatic carbocycles. The van der Waals surface area contributed by atoms with Gasteiger partial charge in [0.2, 0.25) is 0 Å². The Hall–Kier alpha value is -1.89. The number of rotatable bonds is 3. The fourth-order valence-corrected chi connectivity index (χ4v) is 1.89. The molecule has 0 N–H and O–H groups in total. The monoisotopic (exact) mass is 411 g/mol. The zero-order valence-corrected chi connectivity index (χ0v) is 16.0. The Bertz CT molecular complexity index is 628. The van der Waals surface area contributed by atoms with Crippen LogP contribution < -0.4 is 0 Å². The molecule has 0 aliphatic rings. The fraction of sp³-hybridized carbons (Fsp3) is 0.0455. The third-order valence-corrected chi connectivity index (χ3v) is 3.05. The zero-order chi connectivity index (χ0) is 16.0. The minimum Gasteiger partial charge on any atom is -0.313 e. The van der Waals surface area contributed by atoms with E-state index in [1.807, 2.05) is 91.1 Å². The van der Waals surface area contributed by atoms with E-state index in [2.05, 4.69) is 29.3 Å². The first-order valence-electron chi connectivity index (χ1n) is 7.70. The largest absolute Gasteiger partial charge is 2.00 e. The van der Waals surface area contributed by atoms with E-state index in [1.54, 1.807) is 0 Å². The van der Waals surface area contributed by atoms with Crippen LogP contribution in [-0.2, 0) is 40.7 Å². The van der Waals surface area contributed by atoms with Gasteiger partial charge in [0.25, 0.3) is 0 Å². The molecule has 0 amide bonds. The Morgan fingerprint density at radius 2 is 1.08 bits per heavy atom. The van der Waals surface area contributed by atoms with Crippen molar-refractivity contribution in [2.75, 3.05) is 0 Å². The standard InChI is InChI=1S/C12H11N.2C5H5.2Fe/c1-2-6-11(5-1)9-13-10-12-7-3-4-8-12;2*1-2-4-5-3-1;;/h1-9H,10H2;2*1-5H;;/q-2;2*-1;2*+2. The average Bonchev–Trinajstić information content (AvgIpc) is 3.39. The van der Waals surface area contributed by atoms with Crippen molar-refractivity contribution in [2.45, 2.75) is 6.54 Å². The molecule has 130 valence electrons. The zero-order valence-electron chi connectivity index (χ0n) is 13.8. The molecule has 0 saturated heterocycles. The summed E-state index contributed by atoms with van der Waals surface area (Å²) in [6.07, 6.45) is 1.91. The van der Waals surface area contributed by atoms with Crippen LogP contribution in [0.2, 0.25) is 0 Å². The Labute approximate surface area is 171 Å². The van der Waals surface area contributed by atoms with E-state index < -0.39 is 0 Å². The van der Waals surface area contributed by atoms with Gasteiger partial charge in [-0.15, -0.1) is 11.1 Å². The molecule has 0 aromatic heterocycles. The van der Waals surface area contributed by atoms with E-state index in [0.29, 0.717) is 0 Å². The number of nitrogens with zero attached hydrogens (tertiary/aromatic N) is 1. The van der Waals surface area contributed by atoms with Crippen molar-refractivity contribution < 1.29 is 34.1 Å². The molecule has 25 heavy (non-hydrogen) atoms. The Morgan fingerprint density at radius 3 is 1.48 bits per heavy atom. The maximum absolute atomic E-state index is 4.33. The van der Waals surface area contributed by atoms with E-state index >= 15 is 0 Å². The van der Waals surface area contributed by atoms with Crippen molar-refractivity contribution in [1.29, 1.82) is 0 Å². The van der Waals surface area contributed by atoms with E-state index in [4.69, 9.17) is 0 Å². The van der Waals surface area contributed by atoms with E-state index in [9.17, 15) is 0 Å². The van der Waals surface area contributed by atoms with Gasteiger partial charge in [0.1, 0.15) is 0 Å². The molecule has 4 aromatic rings. The Balaban J connectivity index is 0.000000400. The summed E-state index contributed by atoms with van der Waals surface area (Å²) in [6.45, 7) is 0.776. The van der Waals surface area contributed by atoms with Gasteiger partial charge in [-0.05, 0) is 6.21 Å². The minimum absolute atomic E-state index is 0. The number of aliphatic imine (C=N–C) groups is 1. The second kappa shape index (κ2) is 15.6. The third-order valence-electron chi connectivity index (χ3n) is 3.05. The van der Waals surface area contributed by atoms with Crippen LogP contribution in [0.3, 0.4) is 0 Å². The molecule has 0 spiro atoms. The Morgan fingerprint density at radius 1 is 0.640 bits per heavy atom. The molecule has 0 fully saturated rings. The van der Waals surface area contributed by atoms with E-state index in [0.717, 1.165) is 6.54 Å². The van der Waals surface area contributed by atoms with Crippen molar-refractivity contribution in [3.05, 3.63) is 120 Å². The molecule has 0 aliphatic carbocycles. The van der Waals surface area contributed by atoms with Gasteiger partial charge in [-0.2, -0.15) is 60.7 Å². The van der Waals surface area contributed by atoms with Crippen LogP contribution in [0.25, 0.3) is 0 Å². The van der Waals surface area contributed by atoms with Gasteiger partial charge < -0.3 is 4.99 Å². The molecule has 0 saturated carbocycles. The van der Waals surface area contributed by atoms with E-state index in [-0.39, 0.29) is 34.1 Å². The molecule has 0 unspecified atom stereocenters. The van der Waals surface area contributed by atoms with Crippen molar-refractivity contribution >= 4 is 6.21 Å². The van der Waals surface area contributed by atoms with Gasteiger partial charge in [0.05, 0.1) is 0 Å². The summed E-state index contributed by atoms with van der Waals surface area (Å²) in [5.41, 5.74) is 2.44. The average molecular weight is 411 g/mol. The van der Waals surface area contributed by atoms with Gasteiger partial charge in [0, 0.05) is 6.54 Å². The van der Waals surface area contributed by atoms with E-state index in [1.165, 1.54) is 11.1 Å². The predicted octanol–water partition coefficient (Wildman–Crippen LogP) is 5.55. The second-order valence-corrected chi connectivity index (χ2v) is 4.91. The summed E-state index contributed by atoms with van der Waals surface area (Å²) >= 11 is 0. The van der Waals surface area contributed by atoms with Crippen LogP contribution in [-0.4, -0.2) is 6.21 Å². The van der Waals surface area contributed by atoms with Crippen LogP contribution in [0.15, 0.2) is 114 Å². The smallest absolute Gasteiger partial charge is 0.313 e. The third kappa shape index (κ3) is 11.3. The first kappa shape index (κ1) is 23.1. The Kier molecular flexibility index (Phi) is 14.4. The molecule has 0 atom stereocenters. The molecule has 4 rings (SSSR count). The van der Waals surface area contributed by atoms with Crippen LogP contribution in [0.4, 0.5) is 0 Å². The molecule has 0 aliphatic heterocycles. The van der Waals surface area contributed by atoms with Gasteiger partial charge >= 0.3 is 34.1 Å². The van der Waals surface area contributed by atoms with Crippen LogP contribution in [0, 0.1) is 0 Å². The quantitative estimate of drug-likeness (QED) is 0.238. The predicted molar refractivity (Wildman–Crippen MR) is 99.4 cm³/mol. The maximum atomic E-state index is 4.33. The normalized spacial score (nSPS) is 8.96.